The van der Waals surface area contributed by atoms with Crippen molar-refractivity contribution in [2.75, 3.05) is 26.4 Å². The number of esters is 9. The maximum absolute atomic E-state index is 15.4. The number of aliphatic hydroxyl groups excluding tert-OH is 1. The van der Waals surface area contributed by atoms with Crippen molar-refractivity contribution < 1.29 is 148 Å². The summed E-state index contributed by atoms with van der Waals surface area (Å²) in [6.45, 7) is 7.07. The Labute approximate surface area is 578 Å². The van der Waals surface area contributed by atoms with Gasteiger partial charge in [-0.2, -0.15) is 0 Å². The summed E-state index contributed by atoms with van der Waals surface area (Å²) in [5.41, 5.74) is 3.79. The van der Waals surface area contributed by atoms with Gasteiger partial charge in [0.05, 0.1) is 25.2 Å². The minimum Gasteiger partial charge on any atom is -0.480 e. The number of aliphatic carboxylic acids is 1. The van der Waals surface area contributed by atoms with Crippen LogP contribution in [0.3, 0.4) is 0 Å². The Morgan fingerprint density at radius 3 is 1.65 bits per heavy atom. The number of hydrogen-bond acceptors (Lipinski definition) is 30. The van der Waals surface area contributed by atoms with Gasteiger partial charge >= 0.3 is 65.8 Å². The van der Waals surface area contributed by atoms with Crippen molar-refractivity contribution >= 4 is 77.6 Å². The van der Waals surface area contributed by atoms with Gasteiger partial charge in [0, 0.05) is 75.2 Å². The van der Waals surface area contributed by atoms with Crippen molar-refractivity contribution in [1.82, 2.24) is 16.0 Å². The van der Waals surface area contributed by atoms with E-state index >= 15 is 4.79 Å². The Hall–Kier alpha value is -9.71. The van der Waals surface area contributed by atoms with Gasteiger partial charge in [-0.05, 0) is 34.7 Å². The van der Waals surface area contributed by atoms with Gasteiger partial charge in [0.1, 0.15) is 69.1 Å². The lowest BCUT2D eigenvalue weighted by Crippen LogP contribution is -2.71. The smallest absolute Gasteiger partial charge is 0.407 e. The van der Waals surface area contributed by atoms with Gasteiger partial charge in [0.25, 0.3) is 5.79 Å². The molecule has 0 aromatic heterocycles. The fraction of sp³-hybridized carbons (Fsp3) is 0.537. The molecule has 1 aliphatic carbocycles. The molecule has 0 saturated carbocycles. The van der Waals surface area contributed by atoms with E-state index in [9.17, 15) is 67.7 Å². The lowest BCUT2D eigenvalue weighted by molar-refractivity contribution is -0.358. The normalized spacial score (nSPS) is 26.3. The van der Waals surface area contributed by atoms with Crippen LogP contribution in [0.4, 0.5) is 4.79 Å². The van der Waals surface area contributed by atoms with E-state index in [0.29, 0.717) is 5.56 Å². The molecule has 34 nitrogen and oxygen atoms in total. The van der Waals surface area contributed by atoms with Gasteiger partial charge in [0.15, 0.2) is 49.1 Å². The van der Waals surface area contributed by atoms with Crippen LogP contribution < -0.4 is 16.0 Å². The van der Waals surface area contributed by atoms with Crippen LogP contribution in [0.15, 0.2) is 78.9 Å². The first-order chi connectivity index (χ1) is 47.7. The Kier molecular flexibility index (Phi) is 27.7. The fourth-order valence-electron chi connectivity index (χ4n) is 12.1. The van der Waals surface area contributed by atoms with Crippen LogP contribution in [0, 0.1) is 0 Å². The number of carbonyl (C=O) groups excluding carboxylic acids is 12. The van der Waals surface area contributed by atoms with Crippen molar-refractivity contribution in [3.8, 4) is 11.1 Å². The highest BCUT2D eigenvalue weighted by atomic mass is 16.8. The molecule has 101 heavy (non-hydrogen) atoms. The van der Waals surface area contributed by atoms with Gasteiger partial charge in [-0.3, -0.25) is 47.9 Å². The van der Waals surface area contributed by atoms with E-state index in [1.54, 1.807) is 42.5 Å². The Morgan fingerprint density at radius 1 is 0.554 bits per heavy atom. The molecular formula is C67H81N3O31. The van der Waals surface area contributed by atoms with E-state index in [0.717, 1.165) is 98.4 Å². The third kappa shape index (κ3) is 21.2. The number of aliphatic hydroxyl groups is 1. The van der Waals surface area contributed by atoms with Crippen LogP contribution in [0.1, 0.15) is 105 Å². The molecule has 5 N–H and O–H groups in total. The SMILES string of the molecule is CC(=O)N[C@H]1[C@@H](O[C@H](C)[C@H](NC(=O)OCC2c3ccccc3-c3ccccc32)C(=O)O)O[C@H](CO[C@]2(C(=O)OCc3ccccc3)C[C@H](OC(C)=O)[C@@H](NC(C)=O)[C@H]([C@H](OC(C)=O)[C@@H](COC(C)=O)OC(C)=O)O2)[C@H](O)[C@@H]1O[C@@H]1O[C@H](COC(C)=O)[C@H](OC(C)=O)[C@H](OC(C)=O)[C@H]1OC(C)=O. The van der Waals surface area contributed by atoms with Crippen LogP contribution in [-0.2, 0) is 140 Å². The second-order valence-electron chi connectivity index (χ2n) is 23.9. The second kappa shape index (κ2) is 35.6. The molecule has 3 aromatic carbocycles. The fourth-order valence-corrected chi connectivity index (χ4v) is 12.1. The highest BCUT2D eigenvalue weighted by Crippen LogP contribution is 2.45. The predicted octanol–water partition coefficient (Wildman–Crippen LogP) is 1.55. The van der Waals surface area contributed by atoms with Gasteiger partial charge in [0.2, 0.25) is 11.8 Å². The Balaban J connectivity index is 1.36. The van der Waals surface area contributed by atoms with Gasteiger partial charge < -0.3 is 102 Å². The number of carboxylic acids is 1. The first-order valence-electron chi connectivity index (χ1n) is 31.8. The molecule has 3 amide bonds. The molecule has 0 spiro atoms. The first-order valence-corrected chi connectivity index (χ1v) is 31.8. The molecule has 7 rings (SSSR count). The number of carboxylic acid groups (broad SMARTS) is 1. The van der Waals surface area contributed by atoms with Crippen LogP contribution >= 0.6 is 0 Å². The predicted molar refractivity (Wildman–Crippen MR) is 335 cm³/mol. The Morgan fingerprint density at radius 2 is 1.10 bits per heavy atom. The molecule has 4 aliphatic rings. The minimum absolute atomic E-state index is 0.275. The maximum atomic E-state index is 15.4. The van der Waals surface area contributed by atoms with Crippen LogP contribution in [-0.4, -0.2) is 224 Å². The van der Waals surface area contributed by atoms with E-state index in [-0.39, 0.29) is 6.61 Å². The summed E-state index contributed by atoms with van der Waals surface area (Å²) in [4.78, 5) is 172. The van der Waals surface area contributed by atoms with Crippen molar-refractivity contribution in [2.24, 2.45) is 0 Å². The summed E-state index contributed by atoms with van der Waals surface area (Å²) in [6.07, 6.45) is -30.2. The number of ether oxygens (including phenoxy) is 16. The number of carbonyl (C=O) groups is 13. The number of benzene rings is 3. The summed E-state index contributed by atoms with van der Waals surface area (Å²) in [5, 5.41) is 31.2. The lowest BCUT2D eigenvalue weighted by atomic mass is 9.87. The van der Waals surface area contributed by atoms with E-state index in [2.05, 4.69) is 16.0 Å². The summed E-state index contributed by atoms with van der Waals surface area (Å²) in [6, 6.07) is 17.1. The number of nitrogens with one attached hydrogen (secondary N) is 3. The third-order valence-electron chi connectivity index (χ3n) is 16.0. The number of amides is 3. The number of hydrogen-bond donors (Lipinski definition) is 5. The molecule has 3 fully saturated rings. The zero-order chi connectivity index (χ0) is 74.2. The van der Waals surface area contributed by atoms with Gasteiger partial charge in [-0.1, -0.05) is 78.9 Å². The molecule has 0 bridgehead atoms. The molecule has 3 aliphatic heterocycles. The maximum Gasteiger partial charge on any atom is 0.407 e. The first kappa shape index (κ1) is 78.6. The van der Waals surface area contributed by atoms with Crippen molar-refractivity contribution in [1.29, 1.82) is 0 Å². The molecule has 3 saturated heterocycles. The van der Waals surface area contributed by atoms with Crippen LogP contribution in [0.5, 0.6) is 0 Å². The average Bonchev–Trinajstić information content (AvgIpc) is 1.05. The van der Waals surface area contributed by atoms with E-state index in [4.69, 9.17) is 75.8 Å². The van der Waals surface area contributed by atoms with Gasteiger partial charge in [-0.15, -0.1) is 0 Å². The zero-order valence-corrected chi connectivity index (χ0v) is 56.9. The van der Waals surface area contributed by atoms with E-state index in [1.807, 2.05) is 36.4 Å². The summed E-state index contributed by atoms with van der Waals surface area (Å²) < 4.78 is 94.6. The monoisotopic (exact) mass is 1420 g/mol. The second-order valence-corrected chi connectivity index (χ2v) is 23.9. The summed E-state index contributed by atoms with van der Waals surface area (Å²) in [7, 11) is 0. The molecule has 18 atom stereocenters. The molecule has 3 heterocycles. The standard InChI is InChI=1S/C67H81N3O31/c1-31(52(62(82)83)70-66(85)89-27-47-45-23-17-15-21-43(45)44-22-16-18-24-46(44)47)91-63-54(69-33(3)72)58(100-64-61(97-41(11)80)60(96-40(10)79)57(95-39(9)78)51(99-64)29-87-35(5)74)55(81)49(98-63)30-90-67(65(84)88-26-42-19-13-12-14-20-42)25-48(92-36(6)75)53(68-32(2)71)59(101-67)56(94-38(8)77)50(93-37(7)76)28-86-34(4)73/h12-24,31,47-61,63-64,81H,25-30H2,1-11H3,(H,68,71)(H,69,72)(H,70,85)(H,82,83)/t31-,48+,49-,50-,51-,52+,53-,54-,55+,56-,57+,58-,59-,60+,61-,63+,64+,67-/m1/s1. The Bertz CT molecular complexity index is 3470. The van der Waals surface area contributed by atoms with E-state index < -0.39 is 226 Å². The van der Waals surface area contributed by atoms with Crippen LogP contribution in [0.25, 0.3) is 11.1 Å². The third-order valence-corrected chi connectivity index (χ3v) is 16.0. The van der Waals surface area contributed by atoms with E-state index in [1.165, 1.54) is 0 Å². The average molecular weight is 1420 g/mol. The highest BCUT2D eigenvalue weighted by Gasteiger charge is 2.62. The van der Waals surface area contributed by atoms with Crippen molar-refractivity contribution in [2.45, 2.75) is 205 Å². The number of rotatable bonds is 29. The molecule has 3 aromatic rings. The van der Waals surface area contributed by atoms with Crippen LogP contribution in [0.2, 0.25) is 0 Å². The largest absolute Gasteiger partial charge is 0.480 e. The van der Waals surface area contributed by atoms with Crippen molar-refractivity contribution in [3.63, 3.8) is 0 Å². The summed E-state index contributed by atoms with van der Waals surface area (Å²) >= 11 is 0. The summed E-state index contributed by atoms with van der Waals surface area (Å²) in [5.74, 6) is -16.8. The molecular weight excluding hydrogens is 1340 g/mol. The minimum atomic E-state index is -3.08. The molecule has 0 unspecified atom stereocenters. The molecule has 550 valence electrons. The number of fused-ring (bicyclic) bond motifs is 3. The van der Waals surface area contributed by atoms with Gasteiger partial charge in [-0.25, -0.2) is 14.4 Å². The lowest BCUT2D eigenvalue weighted by Gasteiger charge is -2.50. The van der Waals surface area contributed by atoms with Crippen molar-refractivity contribution in [3.05, 3.63) is 95.6 Å². The zero-order valence-electron chi connectivity index (χ0n) is 56.9. The molecule has 34 heteroatoms. The quantitative estimate of drug-likeness (QED) is 0.0486. The molecule has 0 radical (unpaired) electrons. The topological polar surface area (TPSA) is 446 Å². The highest BCUT2D eigenvalue weighted by molar-refractivity contribution is 5.82. The number of alkyl carbamates (subject to hydrolysis) is 1.